The molecule has 0 aromatic carbocycles. The van der Waals surface area contributed by atoms with Crippen LogP contribution in [0.2, 0.25) is 0 Å². The van der Waals surface area contributed by atoms with Crippen LogP contribution in [-0.2, 0) is 9.59 Å². The van der Waals surface area contributed by atoms with Gasteiger partial charge in [-0.2, -0.15) is 0 Å². The lowest BCUT2D eigenvalue weighted by Crippen LogP contribution is -2.48. The van der Waals surface area contributed by atoms with Crippen molar-refractivity contribution in [2.45, 2.75) is 33.3 Å². The van der Waals surface area contributed by atoms with E-state index in [-0.39, 0.29) is 18.4 Å². The number of carbonyl (C=O) groups is 2. The van der Waals surface area contributed by atoms with Gasteiger partial charge in [-0.15, -0.1) is 0 Å². The lowest BCUT2D eigenvalue weighted by atomic mass is 10.1. The molecule has 0 saturated heterocycles. The van der Waals surface area contributed by atoms with Crippen LogP contribution in [0.4, 0.5) is 0 Å². The van der Waals surface area contributed by atoms with E-state index in [1.165, 1.54) is 6.92 Å². The largest absolute Gasteiger partial charge is 0.389 e. The summed E-state index contributed by atoms with van der Waals surface area (Å²) >= 11 is 0. The van der Waals surface area contributed by atoms with Gasteiger partial charge in [0.05, 0.1) is 12.1 Å². The Morgan fingerprint density at radius 2 is 1.88 bits per heavy atom. The molecule has 94 valence electrons. The van der Waals surface area contributed by atoms with Crippen molar-refractivity contribution in [3.05, 3.63) is 0 Å². The number of nitrogens with zero attached hydrogens (tertiary/aromatic N) is 1. The monoisotopic (exact) mass is 231 g/mol. The predicted octanol–water partition coefficient (Wildman–Crippen LogP) is -0.753. The molecule has 0 aliphatic carbocycles. The summed E-state index contributed by atoms with van der Waals surface area (Å²) in [5.41, 5.74) is 3.64. The second-order valence-electron chi connectivity index (χ2n) is 4.35. The van der Waals surface area contributed by atoms with Crippen molar-refractivity contribution < 1.29 is 14.7 Å². The zero-order valence-electron chi connectivity index (χ0n) is 10.3. The van der Waals surface area contributed by atoms with Gasteiger partial charge in [0.15, 0.2) is 0 Å². The molecule has 0 fully saturated rings. The Kier molecular flexibility index (Phi) is 5.98. The molecule has 6 heteroatoms. The summed E-state index contributed by atoms with van der Waals surface area (Å²) in [5, 5.41) is 9.61. The fourth-order valence-electron chi connectivity index (χ4n) is 1.23. The van der Waals surface area contributed by atoms with E-state index < -0.39 is 5.60 Å². The molecule has 0 saturated carbocycles. The first-order chi connectivity index (χ1) is 7.24. The first-order valence-corrected chi connectivity index (χ1v) is 5.24. The quantitative estimate of drug-likeness (QED) is 0.544. The van der Waals surface area contributed by atoms with Crippen molar-refractivity contribution in [3.8, 4) is 0 Å². The molecule has 16 heavy (non-hydrogen) atoms. The van der Waals surface area contributed by atoms with Gasteiger partial charge in [-0.1, -0.05) is 6.92 Å². The number of nitrogens with one attached hydrogen (secondary N) is 2. The summed E-state index contributed by atoms with van der Waals surface area (Å²) in [5.74, 6) is -0.625. The normalized spacial score (nSPS) is 11.4. The molecule has 0 rings (SSSR count). The minimum Gasteiger partial charge on any atom is -0.389 e. The minimum absolute atomic E-state index is 0.140. The number of hydrogen-bond acceptors (Lipinski definition) is 4. The molecule has 3 N–H and O–H groups in total. The summed E-state index contributed by atoms with van der Waals surface area (Å²) in [6.45, 7) is 7.77. The third-order valence-corrected chi connectivity index (χ3v) is 1.80. The lowest BCUT2D eigenvalue weighted by Gasteiger charge is -2.27. The maximum atomic E-state index is 11.4. The van der Waals surface area contributed by atoms with Gasteiger partial charge in [0.2, 0.25) is 5.91 Å². The Bertz CT molecular complexity index is 248. The third kappa shape index (κ3) is 8.19. The third-order valence-electron chi connectivity index (χ3n) is 1.80. The minimum atomic E-state index is -0.843. The van der Waals surface area contributed by atoms with Crippen LogP contribution < -0.4 is 10.9 Å². The number of carbonyl (C=O) groups excluding carboxylic acids is 2. The summed E-state index contributed by atoms with van der Waals surface area (Å²) < 4.78 is 0. The van der Waals surface area contributed by atoms with E-state index in [0.29, 0.717) is 13.1 Å². The topological polar surface area (TPSA) is 81.7 Å². The Labute approximate surface area is 96.0 Å². The van der Waals surface area contributed by atoms with Crippen molar-refractivity contribution in [1.29, 1.82) is 0 Å². The van der Waals surface area contributed by atoms with Gasteiger partial charge in [0.25, 0.3) is 5.91 Å². The molecule has 0 heterocycles. The highest BCUT2D eigenvalue weighted by atomic mass is 16.3. The van der Waals surface area contributed by atoms with Crippen LogP contribution in [0, 0.1) is 0 Å². The molecular formula is C10H21N3O3. The van der Waals surface area contributed by atoms with Gasteiger partial charge in [0, 0.05) is 13.5 Å². The van der Waals surface area contributed by atoms with Gasteiger partial charge in [-0.25, -0.2) is 0 Å². The molecule has 6 nitrogen and oxygen atoms in total. The number of aliphatic hydroxyl groups is 1. The maximum Gasteiger partial charge on any atom is 0.252 e. The molecular weight excluding hydrogens is 210 g/mol. The molecule has 0 aromatic heterocycles. The first-order valence-electron chi connectivity index (χ1n) is 5.24. The van der Waals surface area contributed by atoms with Gasteiger partial charge in [-0.3, -0.25) is 25.3 Å². The van der Waals surface area contributed by atoms with E-state index >= 15 is 0 Å². The Hall–Kier alpha value is -1.14. The van der Waals surface area contributed by atoms with Gasteiger partial charge >= 0.3 is 0 Å². The molecule has 2 amide bonds. The number of rotatable bonds is 5. The first kappa shape index (κ1) is 14.9. The van der Waals surface area contributed by atoms with Crippen molar-refractivity contribution >= 4 is 11.8 Å². The van der Waals surface area contributed by atoms with E-state index in [1.807, 2.05) is 6.92 Å². The maximum absolute atomic E-state index is 11.4. The highest BCUT2D eigenvalue weighted by Gasteiger charge is 2.18. The molecule has 0 bridgehead atoms. The average Bonchev–Trinajstić information content (AvgIpc) is 2.11. The molecule has 0 aromatic rings. The Morgan fingerprint density at radius 1 is 1.31 bits per heavy atom. The van der Waals surface area contributed by atoms with E-state index in [1.54, 1.807) is 18.7 Å². The number of amides is 2. The second-order valence-corrected chi connectivity index (χ2v) is 4.35. The van der Waals surface area contributed by atoms with Crippen molar-refractivity contribution in [2.24, 2.45) is 0 Å². The van der Waals surface area contributed by atoms with E-state index in [9.17, 15) is 14.7 Å². The molecule has 0 radical (unpaired) electrons. The van der Waals surface area contributed by atoms with E-state index in [4.69, 9.17) is 0 Å². The number of likely N-dealkylation sites (N-methyl/N-ethyl adjacent to an activating group) is 1. The Balaban J connectivity index is 4.02. The zero-order valence-corrected chi connectivity index (χ0v) is 10.3. The summed E-state index contributed by atoms with van der Waals surface area (Å²) in [7, 11) is 0. The molecule has 0 aliphatic heterocycles. The molecule has 0 aliphatic rings. The van der Waals surface area contributed by atoms with Crippen LogP contribution in [0.25, 0.3) is 0 Å². The standard InChI is InChI=1S/C10H21N3O3/c1-5-13(7-10(3,4)16)6-9(15)12-11-8(2)14/h16H,5-7H2,1-4H3,(H,11,14)(H,12,15). The van der Waals surface area contributed by atoms with Gasteiger partial charge in [0.1, 0.15) is 0 Å². The van der Waals surface area contributed by atoms with Gasteiger partial charge in [-0.05, 0) is 20.4 Å². The summed E-state index contributed by atoms with van der Waals surface area (Å²) in [6.07, 6.45) is 0. The highest BCUT2D eigenvalue weighted by molar-refractivity contribution is 5.81. The molecule has 0 spiro atoms. The molecule has 0 atom stereocenters. The fourth-order valence-corrected chi connectivity index (χ4v) is 1.23. The van der Waals surface area contributed by atoms with Crippen LogP contribution in [0.1, 0.15) is 27.7 Å². The van der Waals surface area contributed by atoms with E-state index in [2.05, 4.69) is 10.9 Å². The highest BCUT2D eigenvalue weighted by Crippen LogP contribution is 2.03. The van der Waals surface area contributed by atoms with Crippen molar-refractivity contribution in [2.75, 3.05) is 19.6 Å². The fraction of sp³-hybridized carbons (Fsp3) is 0.800. The van der Waals surface area contributed by atoms with E-state index in [0.717, 1.165) is 0 Å². The number of hydrogen-bond donors (Lipinski definition) is 3. The van der Waals surface area contributed by atoms with Crippen LogP contribution in [0.15, 0.2) is 0 Å². The smallest absolute Gasteiger partial charge is 0.252 e. The van der Waals surface area contributed by atoms with Crippen LogP contribution in [-0.4, -0.2) is 47.1 Å². The zero-order chi connectivity index (χ0) is 12.8. The average molecular weight is 231 g/mol. The van der Waals surface area contributed by atoms with Crippen LogP contribution in [0.3, 0.4) is 0 Å². The van der Waals surface area contributed by atoms with Crippen molar-refractivity contribution in [3.63, 3.8) is 0 Å². The SMILES string of the molecule is CCN(CC(=O)NNC(C)=O)CC(C)(C)O. The number of hydrazine groups is 1. The van der Waals surface area contributed by atoms with Crippen LogP contribution >= 0.6 is 0 Å². The summed E-state index contributed by atoms with van der Waals surface area (Å²) in [4.78, 5) is 23.7. The molecule has 0 unspecified atom stereocenters. The lowest BCUT2D eigenvalue weighted by molar-refractivity contribution is -0.128. The Morgan fingerprint density at radius 3 is 2.25 bits per heavy atom. The predicted molar refractivity (Wildman–Crippen MR) is 60.4 cm³/mol. The summed E-state index contributed by atoms with van der Waals surface area (Å²) in [6, 6.07) is 0. The van der Waals surface area contributed by atoms with Crippen LogP contribution in [0.5, 0.6) is 0 Å². The van der Waals surface area contributed by atoms with Gasteiger partial charge < -0.3 is 5.11 Å². The van der Waals surface area contributed by atoms with Crippen molar-refractivity contribution in [1.82, 2.24) is 15.8 Å². The second kappa shape index (κ2) is 6.44.